The van der Waals surface area contributed by atoms with Crippen molar-refractivity contribution < 1.29 is 0 Å². The fourth-order valence-electron chi connectivity index (χ4n) is 1.68. The third-order valence-electron chi connectivity index (χ3n) is 2.64. The molecule has 1 heterocycles. The van der Waals surface area contributed by atoms with Gasteiger partial charge in [-0.3, -0.25) is 0 Å². The second kappa shape index (κ2) is 2.91. The molecule has 1 atom stereocenters. The largest absolute Gasteiger partial charge is 0.316 e. The van der Waals surface area contributed by atoms with Gasteiger partial charge in [-0.1, -0.05) is 27.2 Å². The van der Waals surface area contributed by atoms with Gasteiger partial charge in [-0.2, -0.15) is 0 Å². The van der Waals surface area contributed by atoms with Crippen LogP contribution in [0.1, 0.15) is 33.6 Å². The molecule has 0 unspecified atom stereocenters. The topological polar surface area (TPSA) is 12.0 Å². The third-order valence-corrected chi connectivity index (χ3v) is 2.64. The lowest BCUT2D eigenvalue weighted by Gasteiger charge is -2.41. The van der Waals surface area contributed by atoms with Crippen LogP contribution in [0.15, 0.2) is 0 Å². The molecule has 10 heavy (non-hydrogen) atoms. The summed E-state index contributed by atoms with van der Waals surface area (Å²) in [6.45, 7) is 9.48. The molecular formula is C9H19N. The summed E-state index contributed by atoms with van der Waals surface area (Å²) < 4.78 is 0. The standard InChI is InChI=1S/C9H19N/c1-4-8(2)5-9(3)6-10-7-9/h8,10H,4-7H2,1-3H3/t8-/m0/s1. The molecule has 1 heteroatoms. The maximum Gasteiger partial charge on any atom is 0.00177 e. The lowest BCUT2D eigenvalue weighted by Crippen LogP contribution is -2.52. The van der Waals surface area contributed by atoms with Crippen LogP contribution in [0.4, 0.5) is 0 Å². The number of hydrogen-bond donors (Lipinski definition) is 1. The van der Waals surface area contributed by atoms with E-state index in [0.29, 0.717) is 5.41 Å². The first-order valence-corrected chi connectivity index (χ1v) is 4.37. The fourth-order valence-corrected chi connectivity index (χ4v) is 1.68. The van der Waals surface area contributed by atoms with E-state index in [1.165, 1.54) is 25.9 Å². The Hall–Kier alpha value is -0.0400. The summed E-state index contributed by atoms with van der Waals surface area (Å²) in [4.78, 5) is 0. The van der Waals surface area contributed by atoms with Crippen LogP contribution in [0, 0.1) is 11.3 Å². The van der Waals surface area contributed by atoms with Crippen molar-refractivity contribution in [2.24, 2.45) is 11.3 Å². The first-order valence-electron chi connectivity index (χ1n) is 4.37. The van der Waals surface area contributed by atoms with Crippen molar-refractivity contribution >= 4 is 0 Å². The zero-order valence-electron chi connectivity index (χ0n) is 7.41. The summed E-state index contributed by atoms with van der Waals surface area (Å²) >= 11 is 0. The molecule has 0 bridgehead atoms. The fraction of sp³-hybridized carbons (Fsp3) is 1.00. The molecular weight excluding hydrogens is 122 g/mol. The number of nitrogens with one attached hydrogen (secondary N) is 1. The minimum Gasteiger partial charge on any atom is -0.316 e. The molecule has 0 spiro atoms. The van der Waals surface area contributed by atoms with E-state index in [2.05, 4.69) is 26.1 Å². The van der Waals surface area contributed by atoms with Crippen molar-refractivity contribution in [3.8, 4) is 0 Å². The molecule has 1 N–H and O–H groups in total. The quantitative estimate of drug-likeness (QED) is 0.634. The van der Waals surface area contributed by atoms with Gasteiger partial charge in [0.05, 0.1) is 0 Å². The molecule has 60 valence electrons. The second-order valence-electron chi connectivity index (χ2n) is 4.13. The van der Waals surface area contributed by atoms with Crippen LogP contribution in [0.25, 0.3) is 0 Å². The van der Waals surface area contributed by atoms with E-state index in [0.717, 1.165) is 5.92 Å². The summed E-state index contributed by atoms with van der Waals surface area (Å²) in [6, 6.07) is 0. The van der Waals surface area contributed by atoms with E-state index in [4.69, 9.17) is 0 Å². The lowest BCUT2D eigenvalue weighted by molar-refractivity contribution is 0.150. The highest BCUT2D eigenvalue weighted by molar-refractivity contribution is 4.88. The van der Waals surface area contributed by atoms with Crippen molar-refractivity contribution in [1.82, 2.24) is 5.32 Å². The van der Waals surface area contributed by atoms with Crippen molar-refractivity contribution in [2.75, 3.05) is 13.1 Å². The van der Waals surface area contributed by atoms with E-state index in [-0.39, 0.29) is 0 Å². The van der Waals surface area contributed by atoms with Gasteiger partial charge in [0, 0.05) is 13.1 Å². The summed E-state index contributed by atoms with van der Waals surface area (Å²) in [5.74, 6) is 0.909. The molecule has 1 nitrogen and oxygen atoms in total. The zero-order valence-corrected chi connectivity index (χ0v) is 7.41. The molecule has 0 aromatic carbocycles. The highest BCUT2D eigenvalue weighted by Crippen LogP contribution is 2.30. The maximum atomic E-state index is 3.33. The Morgan fingerprint density at radius 3 is 2.40 bits per heavy atom. The number of hydrogen-bond acceptors (Lipinski definition) is 1. The third kappa shape index (κ3) is 1.72. The molecule has 0 amide bonds. The SMILES string of the molecule is CC[C@H](C)CC1(C)CNC1. The van der Waals surface area contributed by atoms with Crippen LogP contribution in [0.3, 0.4) is 0 Å². The average Bonchev–Trinajstić information content (AvgIpc) is 1.84. The van der Waals surface area contributed by atoms with Crippen molar-refractivity contribution in [3.63, 3.8) is 0 Å². The van der Waals surface area contributed by atoms with E-state index in [9.17, 15) is 0 Å². The molecule has 0 aromatic rings. The molecule has 1 saturated heterocycles. The molecule has 0 aromatic heterocycles. The van der Waals surface area contributed by atoms with E-state index < -0.39 is 0 Å². The molecule has 1 aliphatic rings. The molecule has 1 rings (SSSR count). The molecule has 1 aliphatic heterocycles. The normalized spacial score (nSPS) is 25.5. The maximum absolute atomic E-state index is 3.33. The Morgan fingerprint density at radius 1 is 1.50 bits per heavy atom. The zero-order chi connectivity index (χ0) is 7.61. The number of rotatable bonds is 3. The highest BCUT2D eigenvalue weighted by atomic mass is 15.0. The molecule has 0 radical (unpaired) electrons. The van der Waals surface area contributed by atoms with Gasteiger partial charge in [0.15, 0.2) is 0 Å². The molecule has 1 fully saturated rings. The molecule has 0 saturated carbocycles. The predicted octanol–water partition coefficient (Wildman–Crippen LogP) is 2.03. The minimum atomic E-state index is 0.634. The summed E-state index contributed by atoms with van der Waals surface area (Å²) in [6.07, 6.45) is 2.73. The monoisotopic (exact) mass is 141 g/mol. The Morgan fingerprint density at radius 2 is 2.10 bits per heavy atom. The summed E-state index contributed by atoms with van der Waals surface area (Å²) in [5, 5.41) is 3.33. The Bertz CT molecular complexity index is 105. The Kier molecular flexibility index (Phi) is 2.35. The summed E-state index contributed by atoms with van der Waals surface area (Å²) in [5.41, 5.74) is 0.634. The van der Waals surface area contributed by atoms with E-state index in [1.54, 1.807) is 0 Å². The first-order chi connectivity index (χ1) is 4.66. The van der Waals surface area contributed by atoms with Gasteiger partial charge in [0.1, 0.15) is 0 Å². The second-order valence-corrected chi connectivity index (χ2v) is 4.13. The minimum absolute atomic E-state index is 0.634. The van der Waals surface area contributed by atoms with Crippen LogP contribution in [-0.2, 0) is 0 Å². The lowest BCUT2D eigenvalue weighted by atomic mass is 9.76. The van der Waals surface area contributed by atoms with Gasteiger partial charge in [-0.15, -0.1) is 0 Å². The van der Waals surface area contributed by atoms with Gasteiger partial charge in [-0.05, 0) is 17.8 Å². The van der Waals surface area contributed by atoms with Crippen LogP contribution >= 0.6 is 0 Å². The highest BCUT2D eigenvalue weighted by Gasteiger charge is 2.32. The Balaban J connectivity index is 2.22. The van der Waals surface area contributed by atoms with Gasteiger partial charge in [0.25, 0.3) is 0 Å². The van der Waals surface area contributed by atoms with Gasteiger partial charge >= 0.3 is 0 Å². The van der Waals surface area contributed by atoms with E-state index >= 15 is 0 Å². The van der Waals surface area contributed by atoms with Gasteiger partial charge < -0.3 is 5.32 Å². The average molecular weight is 141 g/mol. The van der Waals surface area contributed by atoms with Crippen LogP contribution < -0.4 is 5.32 Å². The van der Waals surface area contributed by atoms with Crippen molar-refractivity contribution in [3.05, 3.63) is 0 Å². The predicted molar refractivity (Wildman–Crippen MR) is 45.0 cm³/mol. The first kappa shape index (κ1) is 8.06. The van der Waals surface area contributed by atoms with Crippen LogP contribution in [-0.4, -0.2) is 13.1 Å². The van der Waals surface area contributed by atoms with Crippen molar-refractivity contribution in [2.45, 2.75) is 33.6 Å². The smallest absolute Gasteiger partial charge is 0.00177 e. The van der Waals surface area contributed by atoms with Gasteiger partial charge in [0.2, 0.25) is 0 Å². The van der Waals surface area contributed by atoms with Crippen molar-refractivity contribution in [1.29, 1.82) is 0 Å². The van der Waals surface area contributed by atoms with Crippen LogP contribution in [0.5, 0.6) is 0 Å². The molecule has 0 aliphatic carbocycles. The Labute approximate surface area is 64.2 Å². The van der Waals surface area contributed by atoms with Gasteiger partial charge in [-0.25, -0.2) is 0 Å². The van der Waals surface area contributed by atoms with E-state index in [1.807, 2.05) is 0 Å². The van der Waals surface area contributed by atoms with Crippen LogP contribution in [0.2, 0.25) is 0 Å². The summed E-state index contributed by atoms with van der Waals surface area (Å²) in [7, 11) is 0.